The number of aliphatic hydroxyl groups is 11. The molecule has 64 heavy (non-hydrogen) atoms. The molecule has 0 radical (unpaired) electrons. The maximum atomic E-state index is 11.9. The van der Waals surface area contributed by atoms with Gasteiger partial charge in [-0.15, -0.1) is 0 Å². The quantitative estimate of drug-likeness (QED) is 0.114. The van der Waals surface area contributed by atoms with Crippen LogP contribution < -0.4 is 0 Å². The molecule has 19 nitrogen and oxygen atoms in total. The summed E-state index contributed by atoms with van der Waals surface area (Å²) < 4.78 is 48.8. The highest BCUT2D eigenvalue weighted by molar-refractivity contribution is 5.16. The lowest BCUT2D eigenvalue weighted by molar-refractivity contribution is -0.391. The highest BCUT2D eigenvalue weighted by Gasteiger charge is 2.69. The van der Waals surface area contributed by atoms with Gasteiger partial charge in [0.25, 0.3) is 0 Å². The van der Waals surface area contributed by atoms with Gasteiger partial charge in [-0.25, -0.2) is 0 Å². The zero-order valence-corrected chi connectivity index (χ0v) is 37.3. The highest BCUT2D eigenvalue weighted by atomic mass is 16.8. The first-order valence-electron chi connectivity index (χ1n) is 23.9. The SMILES string of the molecule is C[C@@H]1CC[C@@]2(OC1)O[C@H]1C[C@H]3[C@@H]4CC[C@H]5C[C@@H](O[C@@H]6O[C@H](CO)[C@H](O)[C@H](O[C@@H]7O[C@H](CO)[C@@H](O)[C@H](O)[C@H]7O[C@@H]7O[C@H](CO)[C@@H](O)[C@H](O)[C@H]7O)[C@H]6O)[C@H](O)C[C@]5(C)[C@H]4CC[C@]3(C)[C@H]1[C@@H]2C. The summed E-state index contributed by atoms with van der Waals surface area (Å²) in [4.78, 5) is 0. The van der Waals surface area contributed by atoms with Gasteiger partial charge in [-0.2, -0.15) is 0 Å². The summed E-state index contributed by atoms with van der Waals surface area (Å²) in [5.41, 5.74) is -0.0161. The molecular formula is C45H74O19. The van der Waals surface area contributed by atoms with Crippen molar-refractivity contribution in [3.8, 4) is 0 Å². The maximum Gasteiger partial charge on any atom is 0.187 e. The van der Waals surface area contributed by atoms with Crippen molar-refractivity contribution < 1.29 is 94.1 Å². The molecule has 0 aromatic carbocycles. The fourth-order valence-electron chi connectivity index (χ4n) is 14.7. The Balaban J connectivity index is 0.877. The van der Waals surface area contributed by atoms with Crippen LogP contribution in [0.3, 0.4) is 0 Å². The number of hydrogen-bond donors (Lipinski definition) is 11. The van der Waals surface area contributed by atoms with E-state index in [4.69, 9.17) is 37.9 Å². The van der Waals surface area contributed by atoms with Crippen LogP contribution >= 0.6 is 0 Å². The van der Waals surface area contributed by atoms with Crippen LogP contribution in [0.4, 0.5) is 0 Å². The van der Waals surface area contributed by atoms with Crippen LogP contribution in [0.5, 0.6) is 0 Å². The van der Waals surface area contributed by atoms with E-state index in [2.05, 4.69) is 27.7 Å². The molecule has 19 heteroatoms. The predicted octanol–water partition coefficient (Wildman–Crippen LogP) is -1.76. The summed E-state index contributed by atoms with van der Waals surface area (Å²) in [7, 11) is 0. The first kappa shape index (κ1) is 48.3. The van der Waals surface area contributed by atoms with Gasteiger partial charge in [-0.3, -0.25) is 0 Å². The van der Waals surface area contributed by atoms with E-state index in [0.29, 0.717) is 48.3 Å². The molecule has 0 amide bonds. The minimum atomic E-state index is -1.92. The lowest BCUT2D eigenvalue weighted by atomic mass is 9.44. The monoisotopic (exact) mass is 918 g/mol. The third-order valence-electron chi connectivity index (χ3n) is 18.3. The molecule has 5 aliphatic heterocycles. The third-order valence-corrected chi connectivity index (χ3v) is 18.3. The molecule has 9 fully saturated rings. The number of ether oxygens (including phenoxy) is 8. The Morgan fingerprint density at radius 3 is 1.86 bits per heavy atom. The molecule has 9 aliphatic rings. The van der Waals surface area contributed by atoms with Crippen LogP contribution in [0, 0.1) is 52.3 Å². The molecule has 4 aliphatic carbocycles. The van der Waals surface area contributed by atoms with Gasteiger partial charge in [-0.1, -0.05) is 27.7 Å². The summed E-state index contributed by atoms with van der Waals surface area (Å²) in [6.45, 7) is 7.85. The van der Waals surface area contributed by atoms with Gasteiger partial charge in [0.2, 0.25) is 0 Å². The van der Waals surface area contributed by atoms with Crippen LogP contribution in [-0.2, 0) is 37.9 Å². The molecule has 9 rings (SSSR count). The van der Waals surface area contributed by atoms with E-state index in [0.717, 1.165) is 51.6 Å². The Labute approximate surface area is 373 Å². The molecule has 28 atom stereocenters. The van der Waals surface area contributed by atoms with Gasteiger partial charge in [-0.05, 0) is 97.7 Å². The summed E-state index contributed by atoms with van der Waals surface area (Å²) in [5.74, 6) is 2.48. The van der Waals surface area contributed by atoms with Gasteiger partial charge in [0.1, 0.15) is 73.2 Å². The summed E-state index contributed by atoms with van der Waals surface area (Å²) >= 11 is 0. The minimum Gasteiger partial charge on any atom is -0.394 e. The van der Waals surface area contributed by atoms with Crippen molar-refractivity contribution in [3.63, 3.8) is 0 Å². The van der Waals surface area contributed by atoms with E-state index in [-0.39, 0.29) is 22.9 Å². The van der Waals surface area contributed by atoms with Crippen molar-refractivity contribution in [2.75, 3.05) is 26.4 Å². The van der Waals surface area contributed by atoms with Crippen molar-refractivity contribution in [1.29, 1.82) is 0 Å². The van der Waals surface area contributed by atoms with E-state index in [1.807, 2.05) is 0 Å². The molecule has 368 valence electrons. The van der Waals surface area contributed by atoms with Crippen LogP contribution in [-0.4, -0.2) is 199 Å². The van der Waals surface area contributed by atoms with E-state index in [9.17, 15) is 56.2 Å². The minimum absolute atomic E-state index is 0.149. The normalized spacial score (nSPS) is 58.6. The second-order valence-corrected chi connectivity index (χ2v) is 21.7. The largest absolute Gasteiger partial charge is 0.394 e. The topological polar surface area (TPSA) is 296 Å². The van der Waals surface area contributed by atoms with E-state index < -0.39 is 130 Å². The second kappa shape index (κ2) is 18.2. The standard InChI is InChI=1S/C45H74O19/c1-18-7-10-45(57-17-18)19(2)30-26(64-45)12-23-21-6-5-20-11-25(24(49)13-44(20,4)22(21)8-9-43(23,30)3)58-41-37(56)38(33(52)29(16-48)60-41)62-42-39(35(54)32(51)28(15-47)61-42)63-40-36(55)34(53)31(50)27(14-46)59-40/h18-42,46-56H,5-17H2,1-4H3/t18-,19+,20+,21-,22+,23+,24-,25-,26+,27-,28-,29-,30+,31-,32-,33+,34+,35+,36-,37-,38+,39-,40+,41-,42+,43+,44+,45-/m1/s1. The van der Waals surface area contributed by atoms with Gasteiger partial charge in [0.15, 0.2) is 24.7 Å². The lowest BCUT2D eigenvalue weighted by Gasteiger charge is -2.62. The summed E-state index contributed by atoms with van der Waals surface area (Å²) in [6, 6.07) is 0. The maximum absolute atomic E-state index is 11.9. The van der Waals surface area contributed by atoms with Crippen molar-refractivity contribution in [1.82, 2.24) is 0 Å². The Bertz CT molecular complexity index is 1600. The number of aliphatic hydroxyl groups excluding tert-OH is 11. The van der Waals surface area contributed by atoms with Crippen molar-refractivity contribution >= 4 is 0 Å². The van der Waals surface area contributed by atoms with Crippen LogP contribution in [0.1, 0.15) is 85.5 Å². The fourth-order valence-corrected chi connectivity index (χ4v) is 14.7. The summed E-state index contributed by atoms with van der Waals surface area (Å²) in [5, 5.41) is 118. The van der Waals surface area contributed by atoms with Crippen molar-refractivity contribution in [2.24, 2.45) is 52.3 Å². The first-order valence-corrected chi connectivity index (χ1v) is 23.9. The zero-order valence-electron chi connectivity index (χ0n) is 37.3. The predicted molar refractivity (Wildman–Crippen MR) is 217 cm³/mol. The molecular weight excluding hydrogens is 844 g/mol. The Hall–Kier alpha value is -0.760. The third kappa shape index (κ3) is 7.85. The van der Waals surface area contributed by atoms with E-state index in [1.165, 1.54) is 0 Å². The van der Waals surface area contributed by atoms with Crippen LogP contribution in [0.15, 0.2) is 0 Å². The molecule has 11 N–H and O–H groups in total. The zero-order chi connectivity index (χ0) is 45.8. The van der Waals surface area contributed by atoms with Gasteiger partial charge < -0.3 is 94.1 Å². The van der Waals surface area contributed by atoms with Gasteiger partial charge in [0.05, 0.1) is 44.7 Å². The molecule has 0 bridgehead atoms. The highest BCUT2D eigenvalue weighted by Crippen LogP contribution is 2.71. The number of fused-ring (bicyclic) bond motifs is 7. The molecule has 0 unspecified atom stereocenters. The second-order valence-electron chi connectivity index (χ2n) is 21.7. The average molecular weight is 919 g/mol. The molecule has 1 spiro atoms. The fraction of sp³-hybridized carbons (Fsp3) is 1.00. The first-order chi connectivity index (χ1) is 30.4. The van der Waals surface area contributed by atoms with Crippen LogP contribution in [0.2, 0.25) is 0 Å². The summed E-state index contributed by atoms with van der Waals surface area (Å²) in [6.07, 6.45) is -18.8. The number of hydrogen-bond acceptors (Lipinski definition) is 19. The number of rotatable bonds is 9. The van der Waals surface area contributed by atoms with E-state index in [1.54, 1.807) is 0 Å². The molecule has 0 aromatic heterocycles. The van der Waals surface area contributed by atoms with Crippen LogP contribution in [0.25, 0.3) is 0 Å². The van der Waals surface area contributed by atoms with Crippen molar-refractivity contribution in [3.05, 3.63) is 0 Å². The Kier molecular flexibility index (Phi) is 13.7. The average Bonchev–Trinajstić information content (AvgIpc) is 3.72. The van der Waals surface area contributed by atoms with E-state index >= 15 is 0 Å². The Morgan fingerprint density at radius 1 is 0.578 bits per heavy atom. The van der Waals surface area contributed by atoms with Crippen molar-refractivity contribution in [2.45, 2.75) is 202 Å². The Morgan fingerprint density at radius 2 is 1.20 bits per heavy atom. The van der Waals surface area contributed by atoms with Gasteiger partial charge >= 0.3 is 0 Å². The molecule has 5 heterocycles. The lowest BCUT2D eigenvalue weighted by Crippen LogP contribution is -2.67. The van der Waals surface area contributed by atoms with Gasteiger partial charge in [0, 0.05) is 12.3 Å². The molecule has 0 aromatic rings. The molecule has 5 saturated heterocycles. The molecule has 4 saturated carbocycles. The smallest absolute Gasteiger partial charge is 0.187 e.